The fourth-order valence-electron chi connectivity index (χ4n) is 1.11. The number of imidazole rings is 1. The number of nitrogens with zero attached hydrogens (tertiary/aromatic N) is 1. The molecule has 0 atom stereocenters. The Hall–Kier alpha value is -1.02. The molecule has 0 saturated heterocycles. The Kier molecular flexibility index (Phi) is 2.15. The lowest BCUT2D eigenvalue weighted by Crippen LogP contribution is -1.73. The molecule has 0 saturated carbocycles. The van der Waals surface area contributed by atoms with Crippen molar-refractivity contribution in [2.45, 2.75) is 6.92 Å². The van der Waals surface area contributed by atoms with E-state index in [1.807, 2.05) is 12.1 Å². The summed E-state index contributed by atoms with van der Waals surface area (Å²) in [5.74, 6) is 0. The summed E-state index contributed by atoms with van der Waals surface area (Å²) < 4.78 is 0. The second-order valence-electron chi connectivity index (χ2n) is 2.37. The van der Waals surface area contributed by atoms with Crippen LogP contribution < -0.4 is 0 Å². The first-order valence-electron chi connectivity index (χ1n) is 3.26. The molecule has 2 nitrogen and oxygen atoms in total. The highest BCUT2D eigenvalue weighted by atomic mass is 35.5. The van der Waals surface area contributed by atoms with Gasteiger partial charge in [-0.1, -0.05) is 12.1 Å². The molecule has 2 aromatic rings. The van der Waals surface area contributed by atoms with E-state index in [1.165, 1.54) is 5.56 Å². The van der Waals surface area contributed by atoms with Gasteiger partial charge in [0.2, 0.25) is 0 Å². The molecule has 1 aromatic carbocycles. The number of aromatic nitrogens is 2. The molecular formula is C8H9ClN2. The van der Waals surface area contributed by atoms with Gasteiger partial charge in [-0.2, -0.15) is 0 Å². The summed E-state index contributed by atoms with van der Waals surface area (Å²) in [7, 11) is 0. The number of para-hydroxylation sites is 1. The normalized spacial score (nSPS) is 9.55. The van der Waals surface area contributed by atoms with E-state index in [9.17, 15) is 0 Å². The van der Waals surface area contributed by atoms with Gasteiger partial charge >= 0.3 is 0 Å². The summed E-state index contributed by atoms with van der Waals surface area (Å²) >= 11 is 0. The van der Waals surface area contributed by atoms with E-state index in [1.54, 1.807) is 6.33 Å². The molecule has 11 heavy (non-hydrogen) atoms. The van der Waals surface area contributed by atoms with Gasteiger partial charge in [0.1, 0.15) is 0 Å². The third-order valence-electron chi connectivity index (χ3n) is 1.66. The van der Waals surface area contributed by atoms with Crippen molar-refractivity contribution in [1.82, 2.24) is 9.97 Å². The number of benzene rings is 1. The Morgan fingerprint density at radius 1 is 1.36 bits per heavy atom. The van der Waals surface area contributed by atoms with E-state index in [-0.39, 0.29) is 12.4 Å². The van der Waals surface area contributed by atoms with Crippen LogP contribution in [0.1, 0.15) is 5.56 Å². The van der Waals surface area contributed by atoms with E-state index in [4.69, 9.17) is 0 Å². The van der Waals surface area contributed by atoms with Gasteiger partial charge in [-0.3, -0.25) is 0 Å². The lowest BCUT2D eigenvalue weighted by Gasteiger charge is -1.90. The van der Waals surface area contributed by atoms with Gasteiger partial charge < -0.3 is 4.98 Å². The van der Waals surface area contributed by atoms with Crippen LogP contribution in [0.15, 0.2) is 24.5 Å². The summed E-state index contributed by atoms with van der Waals surface area (Å²) in [4.78, 5) is 7.20. The van der Waals surface area contributed by atoms with Gasteiger partial charge in [-0.15, -0.1) is 12.4 Å². The number of halogens is 1. The SMILES string of the molecule is Cc1cccc2nc[nH]c12.Cl. The molecule has 0 aliphatic rings. The third kappa shape index (κ3) is 1.21. The van der Waals surface area contributed by atoms with Crippen LogP contribution in [-0.4, -0.2) is 9.97 Å². The Bertz CT molecular complexity index is 354. The highest BCUT2D eigenvalue weighted by molar-refractivity contribution is 5.85. The van der Waals surface area contributed by atoms with Crippen molar-refractivity contribution in [1.29, 1.82) is 0 Å². The number of rotatable bonds is 0. The zero-order chi connectivity index (χ0) is 6.97. The summed E-state index contributed by atoms with van der Waals surface area (Å²) in [6, 6.07) is 6.08. The molecule has 58 valence electrons. The molecule has 2 rings (SSSR count). The second-order valence-corrected chi connectivity index (χ2v) is 2.37. The Morgan fingerprint density at radius 2 is 2.18 bits per heavy atom. The average Bonchev–Trinajstić information content (AvgIpc) is 2.36. The molecule has 0 aliphatic heterocycles. The Labute approximate surface area is 71.1 Å². The molecule has 0 unspecified atom stereocenters. The molecule has 1 N–H and O–H groups in total. The van der Waals surface area contributed by atoms with Crippen molar-refractivity contribution >= 4 is 23.4 Å². The third-order valence-corrected chi connectivity index (χ3v) is 1.66. The molecule has 0 aliphatic carbocycles. The van der Waals surface area contributed by atoms with Crippen molar-refractivity contribution in [2.75, 3.05) is 0 Å². The van der Waals surface area contributed by atoms with E-state index in [0.29, 0.717) is 0 Å². The lowest BCUT2D eigenvalue weighted by atomic mass is 10.2. The van der Waals surface area contributed by atoms with Crippen molar-refractivity contribution in [2.24, 2.45) is 0 Å². The standard InChI is InChI=1S/C8H8N2.ClH/c1-6-3-2-4-7-8(6)10-5-9-7;/h2-5H,1H3,(H,9,10);1H. The monoisotopic (exact) mass is 168 g/mol. The van der Waals surface area contributed by atoms with E-state index >= 15 is 0 Å². The predicted octanol–water partition coefficient (Wildman–Crippen LogP) is 2.29. The van der Waals surface area contributed by atoms with Crippen LogP contribution in [-0.2, 0) is 0 Å². The maximum Gasteiger partial charge on any atom is 0.0931 e. The zero-order valence-corrected chi connectivity index (χ0v) is 6.98. The summed E-state index contributed by atoms with van der Waals surface area (Å²) in [6.07, 6.45) is 1.72. The van der Waals surface area contributed by atoms with Crippen LogP contribution in [0.3, 0.4) is 0 Å². The first-order chi connectivity index (χ1) is 4.88. The minimum atomic E-state index is 0. The Morgan fingerprint density at radius 3 is 2.91 bits per heavy atom. The van der Waals surface area contributed by atoms with Crippen LogP contribution in [0.2, 0.25) is 0 Å². The number of aryl methyl sites for hydroxylation is 1. The molecule has 0 radical (unpaired) electrons. The van der Waals surface area contributed by atoms with Crippen LogP contribution in [0.5, 0.6) is 0 Å². The average molecular weight is 169 g/mol. The number of fused-ring (bicyclic) bond motifs is 1. The molecule has 0 spiro atoms. The second kappa shape index (κ2) is 2.93. The Balaban J connectivity index is 0.000000605. The number of H-pyrrole nitrogens is 1. The van der Waals surface area contributed by atoms with Gasteiger partial charge in [0, 0.05) is 0 Å². The predicted molar refractivity (Wildman–Crippen MR) is 48.1 cm³/mol. The maximum absolute atomic E-state index is 4.12. The number of hydrogen-bond acceptors (Lipinski definition) is 1. The summed E-state index contributed by atoms with van der Waals surface area (Å²) in [5.41, 5.74) is 3.43. The van der Waals surface area contributed by atoms with Crippen molar-refractivity contribution < 1.29 is 0 Å². The van der Waals surface area contributed by atoms with Crippen LogP contribution in [0, 0.1) is 6.92 Å². The van der Waals surface area contributed by atoms with Crippen molar-refractivity contribution in [3.8, 4) is 0 Å². The molecular weight excluding hydrogens is 160 g/mol. The molecule has 1 aromatic heterocycles. The smallest absolute Gasteiger partial charge is 0.0931 e. The number of hydrogen-bond donors (Lipinski definition) is 1. The molecule has 1 heterocycles. The van der Waals surface area contributed by atoms with Crippen molar-refractivity contribution in [3.63, 3.8) is 0 Å². The van der Waals surface area contributed by atoms with Crippen LogP contribution in [0.4, 0.5) is 0 Å². The van der Waals surface area contributed by atoms with E-state index < -0.39 is 0 Å². The van der Waals surface area contributed by atoms with Crippen molar-refractivity contribution in [3.05, 3.63) is 30.1 Å². The fourth-order valence-corrected chi connectivity index (χ4v) is 1.11. The number of aromatic amines is 1. The molecule has 0 bridgehead atoms. The van der Waals surface area contributed by atoms with E-state index in [0.717, 1.165) is 11.0 Å². The number of nitrogens with one attached hydrogen (secondary N) is 1. The topological polar surface area (TPSA) is 28.7 Å². The first kappa shape index (κ1) is 8.08. The summed E-state index contributed by atoms with van der Waals surface area (Å²) in [5, 5.41) is 0. The van der Waals surface area contributed by atoms with Crippen LogP contribution >= 0.6 is 12.4 Å². The molecule has 0 fully saturated rings. The molecule has 0 amide bonds. The maximum atomic E-state index is 4.12. The molecule has 3 heteroatoms. The summed E-state index contributed by atoms with van der Waals surface area (Å²) in [6.45, 7) is 2.07. The highest BCUT2D eigenvalue weighted by Gasteiger charge is 1.95. The van der Waals surface area contributed by atoms with Crippen LogP contribution in [0.25, 0.3) is 11.0 Å². The lowest BCUT2D eigenvalue weighted by molar-refractivity contribution is 1.34. The largest absolute Gasteiger partial charge is 0.344 e. The van der Waals surface area contributed by atoms with Gasteiger partial charge in [-0.25, -0.2) is 4.98 Å². The van der Waals surface area contributed by atoms with Gasteiger partial charge in [0.25, 0.3) is 0 Å². The zero-order valence-electron chi connectivity index (χ0n) is 6.16. The minimum Gasteiger partial charge on any atom is -0.344 e. The minimum absolute atomic E-state index is 0. The van der Waals surface area contributed by atoms with Gasteiger partial charge in [-0.05, 0) is 18.6 Å². The van der Waals surface area contributed by atoms with Gasteiger partial charge in [0.05, 0.1) is 17.4 Å². The fraction of sp³-hybridized carbons (Fsp3) is 0.125. The van der Waals surface area contributed by atoms with Gasteiger partial charge in [0.15, 0.2) is 0 Å². The first-order valence-corrected chi connectivity index (χ1v) is 3.26. The quantitative estimate of drug-likeness (QED) is 0.643. The van der Waals surface area contributed by atoms with E-state index in [2.05, 4.69) is 23.0 Å². The highest BCUT2D eigenvalue weighted by Crippen LogP contribution is 2.11.